The first-order chi connectivity index (χ1) is 8.90. The van der Waals surface area contributed by atoms with Crippen molar-refractivity contribution in [3.8, 4) is 0 Å². The van der Waals surface area contributed by atoms with Gasteiger partial charge < -0.3 is 9.88 Å². The van der Waals surface area contributed by atoms with Gasteiger partial charge in [0.25, 0.3) is 5.91 Å². The van der Waals surface area contributed by atoms with E-state index in [9.17, 15) is 9.18 Å². The van der Waals surface area contributed by atoms with Crippen molar-refractivity contribution in [3.63, 3.8) is 0 Å². The number of anilines is 1. The number of aromatic nitrogens is 1. The van der Waals surface area contributed by atoms with Crippen LogP contribution in [0.2, 0.25) is 0 Å². The molecule has 0 radical (unpaired) electrons. The molecule has 1 N–H and O–H groups in total. The van der Waals surface area contributed by atoms with Crippen molar-refractivity contribution in [2.75, 3.05) is 5.32 Å². The highest BCUT2D eigenvalue weighted by Gasteiger charge is 2.15. The van der Waals surface area contributed by atoms with Gasteiger partial charge >= 0.3 is 0 Å². The van der Waals surface area contributed by atoms with Crippen LogP contribution in [-0.4, -0.2) is 10.5 Å². The quantitative estimate of drug-likeness (QED) is 0.882. The van der Waals surface area contributed by atoms with Gasteiger partial charge in [0.2, 0.25) is 0 Å². The Kier molecular flexibility index (Phi) is 3.42. The standard InChI is InChI=1S/C15H17FN2O/c1-9-7-12(5-6-13(9)16)17-15(19)14-10(2)8-18(4)11(14)3/h5-8H,1-4H3,(H,17,19). The molecule has 0 fully saturated rings. The summed E-state index contributed by atoms with van der Waals surface area (Å²) in [6.45, 7) is 5.47. The number of halogens is 1. The van der Waals surface area contributed by atoms with E-state index in [-0.39, 0.29) is 11.7 Å². The van der Waals surface area contributed by atoms with E-state index in [1.54, 1.807) is 19.1 Å². The van der Waals surface area contributed by atoms with Crippen LogP contribution in [0.1, 0.15) is 27.2 Å². The number of hydrogen-bond donors (Lipinski definition) is 1. The average molecular weight is 260 g/mol. The fourth-order valence-corrected chi connectivity index (χ4v) is 2.17. The zero-order valence-electron chi connectivity index (χ0n) is 11.5. The third-order valence-corrected chi connectivity index (χ3v) is 3.32. The summed E-state index contributed by atoms with van der Waals surface area (Å²) < 4.78 is 15.1. The van der Waals surface area contributed by atoms with Gasteiger partial charge in [-0.25, -0.2) is 4.39 Å². The number of nitrogens with one attached hydrogen (secondary N) is 1. The molecular weight excluding hydrogens is 243 g/mol. The molecule has 2 rings (SSSR count). The van der Waals surface area contributed by atoms with Crippen LogP contribution in [0, 0.1) is 26.6 Å². The number of hydrogen-bond acceptors (Lipinski definition) is 1. The van der Waals surface area contributed by atoms with Gasteiger partial charge in [-0.3, -0.25) is 4.79 Å². The van der Waals surface area contributed by atoms with Gasteiger partial charge in [0, 0.05) is 24.6 Å². The molecule has 0 unspecified atom stereocenters. The van der Waals surface area contributed by atoms with Crippen molar-refractivity contribution in [2.24, 2.45) is 7.05 Å². The van der Waals surface area contributed by atoms with Crippen LogP contribution in [0.15, 0.2) is 24.4 Å². The Morgan fingerprint density at radius 3 is 2.42 bits per heavy atom. The summed E-state index contributed by atoms with van der Waals surface area (Å²) in [7, 11) is 1.90. The van der Waals surface area contributed by atoms with Crippen LogP contribution in [0.4, 0.5) is 10.1 Å². The molecule has 3 nitrogen and oxygen atoms in total. The lowest BCUT2D eigenvalue weighted by Gasteiger charge is -2.07. The van der Waals surface area contributed by atoms with Crippen LogP contribution >= 0.6 is 0 Å². The molecule has 0 aliphatic rings. The van der Waals surface area contributed by atoms with Crippen LogP contribution in [0.25, 0.3) is 0 Å². The van der Waals surface area contributed by atoms with Crippen LogP contribution < -0.4 is 5.32 Å². The predicted octanol–water partition coefficient (Wildman–Crippen LogP) is 3.34. The number of amides is 1. The number of carbonyl (C=O) groups is 1. The molecule has 0 aliphatic carbocycles. The Labute approximate surface area is 112 Å². The summed E-state index contributed by atoms with van der Waals surface area (Å²) >= 11 is 0. The molecule has 1 amide bonds. The summed E-state index contributed by atoms with van der Waals surface area (Å²) in [4.78, 5) is 12.2. The third-order valence-electron chi connectivity index (χ3n) is 3.32. The smallest absolute Gasteiger partial charge is 0.257 e. The molecule has 0 atom stereocenters. The average Bonchev–Trinajstić information content (AvgIpc) is 2.58. The summed E-state index contributed by atoms with van der Waals surface area (Å²) in [5.74, 6) is -0.438. The van der Waals surface area contributed by atoms with Crippen LogP contribution in [0.3, 0.4) is 0 Å². The van der Waals surface area contributed by atoms with E-state index in [1.807, 2.05) is 31.7 Å². The summed E-state index contributed by atoms with van der Waals surface area (Å²) in [6, 6.07) is 4.55. The fourth-order valence-electron chi connectivity index (χ4n) is 2.17. The minimum atomic E-state index is -0.273. The monoisotopic (exact) mass is 260 g/mol. The predicted molar refractivity (Wildman–Crippen MR) is 74.0 cm³/mol. The minimum absolute atomic E-state index is 0.165. The highest BCUT2D eigenvalue weighted by atomic mass is 19.1. The van der Waals surface area contributed by atoms with E-state index in [0.717, 1.165) is 11.3 Å². The van der Waals surface area contributed by atoms with E-state index in [4.69, 9.17) is 0 Å². The first-order valence-corrected chi connectivity index (χ1v) is 6.10. The number of nitrogens with zero attached hydrogens (tertiary/aromatic N) is 1. The Morgan fingerprint density at radius 2 is 1.89 bits per heavy atom. The van der Waals surface area contributed by atoms with Crippen molar-refractivity contribution in [3.05, 3.63) is 52.6 Å². The zero-order chi connectivity index (χ0) is 14.2. The Morgan fingerprint density at radius 1 is 1.21 bits per heavy atom. The molecule has 0 spiro atoms. The van der Waals surface area contributed by atoms with Gasteiger partial charge in [-0.15, -0.1) is 0 Å². The van der Waals surface area contributed by atoms with E-state index in [0.29, 0.717) is 16.8 Å². The maximum Gasteiger partial charge on any atom is 0.257 e. The first-order valence-electron chi connectivity index (χ1n) is 6.10. The summed E-state index contributed by atoms with van der Waals surface area (Å²) in [5.41, 5.74) is 3.63. The SMILES string of the molecule is Cc1cc(NC(=O)c2c(C)cn(C)c2C)ccc1F. The Hall–Kier alpha value is -2.10. The van der Waals surface area contributed by atoms with Gasteiger partial charge in [0.1, 0.15) is 5.82 Å². The van der Waals surface area contributed by atoms with E-state index >= 15 is 0 Å². The number of benzene rings is 1. The second-order valence-corrected chi connectivity index (χ2v) is 4.80. The highest BCUT2D eigenvalue weighted by molar-refractivity contribution is 6.06. The Bertz CT molecular complexity index is 644. The molecule has 19 heavy (non-hydrogen) atoms. The topological polar surface area (TPSA) is 34.0 Å². The largest absolute Gasteiger partial charge is 0.354 e. The Balaban J connectivity index is 2.28. The second kappa shape index (κ2) is 4.88. The lowest BCUT2D eigenvalue weighted by molar-refractivity contribution is 0.102. The molecule has 0 aliphatic heterocycles. The molecule has 4 heteroatoms. The van der Waals surface area contributed by atoms with Crippen molar-refractivity contribution >= 4 is 11.6 Å². The summed E-state index contributed by atoms with van der Waals surface area (Å²) in [5, 5.41) is 2.80. The molecule has 2 aromatic rings. The first kappa shape index (κ1) is 13.3. The molecule has 0 saturated carbocycles. The number of rotatable bonds is 2. The number of carbonyl (C=O) groups excluding carboxylic acids is 1. The molecule has 1 heterocycles. The van der Waals surface area contributed by atoms with Crippen LogP contribution in [0.5, 0.6) is 0 Å². The molecule has 0 bridgehead atoms. The van der Waals surface area contributed by atoms with E-state index in [1.165, 1.54) is 6.07 Å². The van der Waals surface area contributed by atoms with E-state index in [2.05, 4.69) is 5.32 Å². The summed E-state index contributed by atoms with van der Waals surface area (Å²) in [6.07, 6.45) is 1.92. The second-order valence-electron chi connectivity index (χ2n) is 4.80. The van der Waals surface area contributed by atoms with Crippen molar-refractivity contribution in [1.82, 2.24) is 4.57 Å². The van der Waals surface area contributed by atoms with Crippen molar-refractivity contribution in [2.45, 2.75) is 20.8 Å². The van der Waals surface area contributed by atoms with Gasteiger partial charge in [-0.1, -0.05) is 0 Å². The lowest BCUT2D eigenvalue weighted by Crippen LogP contribution is -2.14. The molecule has 0 saturated heterocycles. The maximum absolute atomic E-state index is 13.2. The minimum Gasteiger partial charge on any atom is -0.354 e. The lowest BCUT2D eigenvalue weighted by atomic mass is 10.1. The maximum atomic E-state index is 13.2. The normalized spacial score (nSPS) is 10.6. The molecule has 1 aromatic carbocycles. The van der Waals surface area contributed by atoms with Gasteiger partial charge in [-0.2, -0.15) is 0 Å². The van der Waals surface area contributed by atoms with Crippen LogP contribution in [-0.2, 0) is 7.05 Å². The number of aryl methyl sites for hydroxylation is 3. The molecule has 100 valence electrons. The zero-order valence-corrected chi connectivity index (χ0v) is 11.5. The van der Waals surface area contributed by atoms with Crippen molar-refractivity contribution < 1.29 is 9.18 Å². The highest BCUT2D eigenvalue weighted by Crippen LogP contribution is 2.19. The van der Waals surface area contributed by atoms with E-state index < -0.39 is 0 Å². The molecular formula is C15H17FN2O. The van der Waals surface area contributed by atoms with Gasteiger partial charge in [0.15, 0.2) is 0 Å². The van der Waals surface area contributed by atoms with Gasteiger partial charge in [0.05, 0.1) is 5.56 Å². The fraction of sp³-hybridized carbons (Fsp3) is 0.267. The molecule has 1 aromatic heterocycles. The third kappa shape index (κ3) is 2.52. The van der Waals surface area contributed by atoms with Gasteiger partial charge in [-0.05, 0) is 50.1 Å². The van der Waals surface area contributed by atoms with Crippen molar-refractivity contribution in [1.29, 1.82) is 0 Å².